The Bertz CT molecular complexity index is 841. The molecule has 2 heterocycles. The lowest BCUT2D eigenvalue weighted by Gasteiger charge is -2.07. The minimum atomic E-state index is 0.940. The van der Waals surface area contributed by atoms with Crippen LogP contribution in [0.15, 0.2) is 91.3 Å². The molecule has 4 rings (SSSR count). The van der Waals surface area contributed by atoms with E-state index in [2.05, 4.69) is 35.3 Å². The summed E-state index contributed by atoms with van der Waals surface area (Å²) in [6, 6.07) is 26.6. The lowest BCUT2D eigenvalue weighted by Crippen LogP contribution is -1.98. The summed E-state index contributed by atoms with van der Waals surface area (Å²) in [5, 5.41) is 4.82. The monoisotopic (exact) mass is 297 g/mol. The average molecular weight is 297 g/mol. The fourth-order valence-electron chi connectivity index (χ4n) is 2.63. The molecule has 0 N–H and O–H groups in total. The number of benzene rings is 2. The standard InChI is InChI=1S/C20H15N3/c1-3-7-17(8-4-1)20-15-19(16-11-13-21-14-12-16)22-23(20)18-9-5-2-6-10-18/h1-15H. The topological polar surface area (TPSA) is 30.7 Å². The van der Waals surface area contributed by atoms with Crippen LogP contribution in [-0.2, 0) is 0 Å². The molecule has 0 unspecified atom stereocenters. The predicted octanol–water partition coefficient (Wildman–Crippen LogP) is 4.60. The Hall–Kier alpha value is -3.20. The summed E-state index contributed by atoms with van der Waals surface area (Å²) in [4.78, 5) is 4.08. The van der Waals surface area contributed by atoms with Crippen LogP contribution in [0.3, 0.4) is 0 Å². The zero-order valence-electron chi connectivity index (χ0n) is 12.5. The number of hydrogen-bond acceptors (Lipinski definition) is 2. The van der Waals surface area contributed by atoms with Crippen LogP contribution in [0.1, 0.15) is 0 Å². The van der Waals surface area contributed by atoms with E-state index in [1.807, 2.05) is 53.2 Å². The second kappa shape index (κ2) is 5.89. The molecule has 4 aromatic rings. The summed E-state index contributed by atoms with van der Waals surface area (Å²) in [5.74, 6) is 0. The van der Waals surface area contributed by atoms with E-state index in [-0.39, 0.29) is 0 Å². The van der Waals surface area contributed by atoms with Gasteiger partial charge in [0.1, 0.15) is 0 Å². The van der Waals surface area contributed by atoms with Gasteiger partial charge in [-0.3, -0.25) is 4.98 Å². The maximum Gasteiger partial charge on any atom is 0.0935 e. The highest BCUT2D eigenvalue weighted by Gasteiger charge is 2.12. The van der Waals surface area contributed by atoms with Gasteiger partial charge >= 0.3 is 0 Å². The fourth-order valence-corrected chi connectivity index (χ4v) is 2.63. The molecule has 0 amide bonds. The fraction of sp³-hybridized carbons (Fsp3) is 0. The van der Waals surface area contributed by atoms with E-state index in [9.17, 15) is 0 Å². The van der Waals surface area contributed by atoms with Gasteiger partial charge in [0.2, 0.25) is 0 Å². The summed E-state index contributed by atoms with van der Waals surface area (Å²) in [6.45, 7) is 0. The van der Waals surface area contributed by atoms with Crippen molar-refractivity contribution >= 4 is 0 Å². The van der Waals surface area contributed by atoms with Crippen molar-refractivity contribution in [3.05, 3.63) is 91.3 Å². The molecule has 2 aromatic heterocycles. The predicted molar refractivity (Wildman–Crippen MR) is 92.2 cm³/mol. The minimum Gasteiger partial charge on any atom is -0.265 e. The Morgan fingerprint density at radius 2 is 1.30 bits per heavy atom. The number of rotatable bonds is 3. The van der Waals surface area contributed by atoms with Crippen molar-refractivity contribution in [2.75, 3.05) is 0 Å². The van der Waals surface area contributed by atoms with E-state index in [0.29, 0.717) is 0 Å². The van der Waals surface area contributed by atoms with E-state index in [4.69, 9.17) is 5.10 Å². The van der Waals surface area contributed by atoms with Gasteiger partial charge in [-0.2, -0.15) is 5.10 Å². The summed E-state index contributed by atoms with van der Waals surface area (Å²) in [5.41, 5.74) is 5.27. The van der Waals surface area contributed by atoms with Crippen LogP contribution in [-0.4, -0.2) is 14.8 Å². The third kappa shape index (κ3) is 2.64. The number of hydrogen-bond donors (Lipinski definition) is 0. The van der Waals surface area contributed by atoms with E-state index < -0.39 is 0 Å². The second-order valence-electron chi connectivity index (χ2n) is 5.26. The van der Waals surface area contributed by atoms with Crippen molar-refractivity contribution in [3.8, 4) is 28.2 Å². The molecule has 0 saturated carbocycles. The Kier molecular flexibility index (Phi) is 3.45. The quantitative estimate of drug-likeness (QED) is 0.553. The average Bonchev–Trinajstić information content (AvgIpc) is 3.09. The summed E-state index contributed by atoms with van der Waals surface area (Å²) in [6.07, 6.45) is 3.58. The molecule has 0 aliphatic rings. The lowest BCUT2D eigenvalue weighted by atomic mass is 10.1. The molecule has 3 nitrogen and oxygen atoms in total. The van der Waals surface area contributed by atoms with Crippen molar-refractivity contribution < 1.29 is 0 Å². The SMILES string of the molecule is c1ccc(-c2cc(-c3ccncc3)nn2-c2ccccc2)cc1. The minimum absolute atomic E-state index is 0.940. The highest BCUT2D eigenvalue weighted by Crippen LogP contribution is 2.28. The first-order valence-corrected chi connectivity index (χ1v) is 7.53. The zero-order valence-corrected chi connectivity index (χ0v) is 12.5. The maximum atomic E-state index is 4.82. The summed E-state index contributed by atoms with van der Waals surface area (Å²) in [7, 11) is 0. The molecule has 0 fully saturated rings. The smallest absolute Gasteiger partial charge is 0.0935 e. The first-order valence-electron chi connectivity index (χ1n) is 7.53. The van der Waals surface area contributed by atoms with Gasteiger partial charge < -0.3 is 0 Å². The molecular weight excluding hydrogens is 282 g/mol. The van der Waals surface area contributed by atoms with Gasteiger partial charge in [0, 0.05) is 23.5 Å². The van der Waals surface area contributed by atoms with Crippen molar-refractivity contribution in [3.63, 3.8) is 0 Å². The van der Waals surface area contributed by atoms with Crippen LogP contribution in [0.25, 0.3) is 28.2 Å². The molecule has 0 aliphatic heterocycles. The molecule has 0 spiro atoms. The summed E-state index contributed by atoms with van der Waals surface area (Å²) < 4.78 is 1.99. The third-order valence-electron chi connectivity index (χ3n) is 3.76. The van der Waals surface area contributed by atoms with Crippen LogP contribution in [0.4, 0.5) is 0 Å². The highest BCUT2D eigenvalue weighted by molar-refractivity contribution is 5.70. The van der Waals surface area contributed by atoms with Crippen LogP contribution >= 0.6 is 0 Å². The largest absolute Gasteiger partial charge is 0.265 e. The van der Waals surface area contributed by atoms with Crippen LogP contribution in [0.2, 0.25) is 0 Å². The van der Waals surface area contributed by atoms with Crippen molar-refractivity contribution in [2.24, 2.45) is 0 Å². The van der Waals surface area contributed by atoms with Gasteiger partial charge in [-0.25, -0.2) is 4.68 Å². The van der Waals surface area contributed by atoms with Gasteiger partial charge in [0.25, 0.3) is 0 Å². The Labute approximate surface area is 134 Å². The van der Waals surface area contributed by atoms with E-state index in [0.717, 1.165) is 28.2 Å². The van der Waals surface area contributed by atoms with Gasteiger partial charge in [-0.1, -0.05) is 48.5 Å². The first-order chi connectivity index (χ1) is 11.4. The molecular formula is C20H15N3. The third-order valence-corrected chi connectivity index (χ3v) is 3.76. The number of pyridine rings is 1. The molecule has 23 heavy (non-hydrogen) atoms. The van der Waals surface area contributed by atoms with Crippen LogP contribution < -0.4 is 0 Å². The van der Waals surface area contributed by atoms with Gasteiger partial charge in [0.05, 0.1) is 17.1 Å². The molecule has 3 heteroatoms. The lowest BCUT2D eigenvalue weighted by molar-refractivity contribution is 0.892. The normalized spacial score (nSPS) is 10.6. The second-order valence-corrected chi connectivity index (χ2v) is 5.26. The molecule has 0 saturated heterocycles. The molecule has 0 bridgehead atoms. The Balaban J connectivity index is 1.91. The van der Waals surface area contributed by atoms with E-state index in [1.165, 1.54) is 0 Å². The van der Waals surface area contributed by atoms with E-state index in [1.54, 1.807) is 12.4 Å². The zero-order chi connectivity index (χ0) is 15.5. The molecule has 2 aromatic carbocycles. The first kappa shape index (κ1) is 13.5. The van der Waals surface area contributed by atoms with Crippen LogP contribution in [0, 0.1) is 0 Å². The van der Waals surface area contributed by atoms with E-state index >= 15 is 0 Å². The van der Waals surface area contributed by atoms with Gasteiger partial charge in [-0.15, -0.1) is 0 Å². The molecule has 110 valence electrons. The molecule has 0 atom stereocenters. The molecule has 0 radical (unpaired) electrons. The Morgan fingerprint density at radius 1 is 0.652 bits per heavy atom. The Morgan fingerprint density at radius 3 is 2.00 bits per heavy atom. The molecule has 0 aliphatic carbocycles. The van der Waals surface area contributed by atoms with Crippen molar-refractivity contribution in [1.29, 1.82) is 0 Å². The number of para-hydroxylation sites is 1. The van der Waals surface area contributed by atoms with Crippen molar-refractivity contribution in [2.45, 2.75) is 0 Å². The summed E-state index contributed by atoms with van der Waals surface area (Å²) >= 11 is 0. The number of aromatic nitrogens is 3. The highest BCUT2D eigenvalue weighted by atomic mass is 15.3. The van der Waals surface area contributed by atoms with Crippen LogP contribution in [0.5, 0.6) is 0 Å². The maximum absolute atomic E-state index is 4.82. The van der Waals surface area contributed by atoms with Gasteiger partial charge in [0.15, 0.2) is 0 Å². The van der Waals surface area contributed by atoms with Gasteiger partial charge in [-0.05, 0) is 30.3 Å². The van der Waals surface area contributed by atoms with Crippen molar-refractivity contribution in [1.82, 2.24) is 14.8 Å². The number of nitrogens with zero attached hydrogens (tertiary/aromatic N) is 3.